The van der Waals surface area contributed by atoms with Gasteiger partial charge in [-0.3, -0.25) is 0 Å². The van der Waals surface area contributed by atoms with E-state index in [1.165, 1.54) is 38.5 Å². The number of nitrogens with one attached hydrogen (secondary N) is 1. The molecule has 1 heterocycles. The van der Waals surface area contributed by atoms with E-state index in [1.807, 2.05) is 37.3 Å². The Hall–Kier alpha value is -1.25. The number of furan rings is 1. The van der Waals surface area contributed by atoms with Crippen molar-refractivity contribution >= 4 is 11.6 Å². The molecular weight excluding hydrogens is 306 g/mol. The maximum atomic E-state index is 6.18. The maximum Gasteiger partial charge on any atom is 0.134 e. The molecule has 0 spiro atoms. The predicted octanol–water partition coefficient (Wildman–Crippen LogP) is 6.36. The number of hydrogen-bond acceptors (Lipinski definition) is 2. The van der Waals surface area contributed by atoms with Gasteiger partial charge in [-0.1, -0.05) is 62.8 Å². The first-order valence-corrected chi connectivity index (χ1v) is 9.14. The standard InChI is InChI=1S/C20H28ClNO/c1-3-4-5-6-7-8-13-22-15-18-11-12-20(23-18)17-10-9-16(2)19(21)14-17/h9-12,14,22H,3-8,13,15H2,1-2H3. The van der Waals surface area contributed by atoms with E-state index in [0.717, 1.165) is 40.8 Å². The Balaban J connectivity index is 1.71. The van der Waals surface area contributed by atoms with Gasteiger partial charge in [0, 0.05) is 10.6 Å². The molecule has 2 nitrogen and oxygen atoms in total. The molecule has 3 heteroatoms. The Morgan fingerprint density at radius 3 is 2.57 bits per heavy atom. The highest BCUT2D eigenvalue weighted by molar-refractivity contribution is 6.31. The molecule has 23 heavy (non-hydrogen) atoms. The summed E-state index contributed by atoms with van der Waals surface area (Å²) in [6.07, 6.45) is 7.96. The van der Waals surface area contributed by atoms with E-state index in [4.69, 9.17) is 16.0 Å². The fraction of sp³-hybridized carbons (Fsp3) is 0.500. The number of rotatable bonds is 10. The average Bonchev–Trinajstić information content (AvgIpc) is 3.01. The van der Waals surface area contributed by atoms with Crippen LogP contribution >= 0.6 is 11.6 Å². The number of aryl methyl sites for hydroxylation is 1. The second-order valence-electron chi connectivity index (χ2n) is 6.17. The summed E-state index contributed by atoms with van der Waals surface area (Å²) >= 11 is 6.18. The van der Waals surface area contributed by atoms with Gasteiger partial charge >= 0.3 is 0 Å². The molecule has 1 aromatic carbocycles. The van der Waals surface area contributed by atoms with Crippen molar-refractivity contribution in [1.29, 1.82) is 0 Å². The summed E-state index contributed by atoms with van der Waals surface area (Å²) < 4.78 is 5.90. The molecule has 1 N–H and O–H groups in total. The maximum absolute atomic E-state index is 6.18. The summed E-state index contributed by atoms with van der Waals surface area (Å²) in [5, 5.41) is 4.24. The zero-order chi connectivity index (χ0) is 16.5. The van der Waals surface area contributed by atoms with Crippen LogP contribution in [0.3, 0.4) is 0 Å². The van der Waals surface area contributed by atoms with E-state index in [9.17, 15) is 0 Å². The van der Waals surface area contributed by atoms with Crippen LogP contribution in [0.5, 0.6) is 0 Å². The van der Waals surface area contributed by atoms with Crippen molar-refractivity contribution in [3.05, 3.63) is 46.7 Å². The van der Waals surface area contributed by atoms with Gasteiger partial charge in [0.15, 0.2) is 0 Å². The van der Waals surface area contributed by atoms with Crippen molar-refractivity contribution in [3.63, 3.8) is 0 Å². The van der Waals surface area contributed by atoms with Crippen molar-refractivity contribution in [1.82, 2.24) is 5.32 Å². The Labute approximate surface area is 145 Å². The van der Waals surface area contributed by atoms with Crippen LogP contribution in [0.15, 0.2) is 34.7 Å². The highest BCUT2D eigenvalue weighted by Gasteiger charge is 2.06. The van der Waals surface area contributed by atoms with E-state index in [2.05, 4.69) is 12.2 Å². The highest BCUT2D eigenvalue weighted by atomic mass is 35.5. The molecule has 0 fully saturated rings. The molecule has 0 saturated carbocycles. The van der Waals surface area contributed by atoms with Crippen molar-refractivity contribution in [2.24, 2.45) is 0 Å². The summed E-state index contributed by atoms with van der Waals surface area (Å²) in [5.41, 5.74) is 2.12. The van der Waals surface area contributed by atoms with E-state index in [1.54, 1.807) is 0 Å². The van der Waals surface area contributed by atoms with E-state index in [0.29, 0.717) is 0 Å². The smallest absolute Gasteiger partial charge is 0.134 e. The monoisotopic (exact) mass is 333 g/mol. The molecule has 0 unspecified atom stereocenters. The van der Waals surface area contributed by atoms with Gasteiger partial charge in [-0.05, 0) is 43.7 Å². The minimum Gasteiger partial charge on any atom is -0.460 e. The third-order valence-corrected chi connectivity index (χ3v) is 4.53. The number of unbranched alkanes of at least 4 members (excludes halogenated alkanes) is 5. The summed E-state index contributed by atoms with van der Waals surface area (Å²) in [6, 6.07) is 10.1. The lowest BCUT2D eigenvalue weighted by atomic mass is 10.1. The molecule has 0 aliphatic rings. The van der Waals surface area contributed by atoms with Crippen molar-refractivity contribution in [3.8, 4) is 11.3 Å². The Morgan fingerprint density at radius 1 is 1.00 bits per heavy atom. The van der Waals surface area contributed by atoms with Crippen LogP contribution in [0.2, 0.25) is 5.02 Å². The third-order valence-electron chi connectivity index (χ3n) is 4.12. The molecule has 2 rings (SSSR count). The summed E-state index contributed by atoms with van der Waals surface area (Å²) in [5.74, 6) is 1.85. The number of halogens is 1. The molecule has 126 valence electrons. The van der Waals surface area contributed by atoms with Gasteiger partial charge in [0.1, 0.15) is 11.5 Å². The second kappa shape index (κ2) is 9.79. The van der Waals surface area contributed by atoms with Gasteiger partial charge in [0.25, 0.3) is 0 Å². The zero-order valence-electron chi connectivity index (χ0n) is 14.3. The molecule has 0 atom stereocenters. The van der Waals surface area contributed by atoms with Crippen LogP contribution in [-0.4, -0.2) is 6.54 Å². The van der Waals surface area contributed by atoms with E-state index < -0.39 is 0 Å². The van der Waals surface area contributed by atoms with Gasteiger partial charge in [-0.15, -0.1) is 0 Å². The molecular formula is C20H28ClNO. The lowest BCUT2D eigenvalue weighted by Crippen LogP contribution is -2.14. The molecule has 0 saturated heterocycles. The van der Waals surface area contributed by atoms with Gasteiger partial charge in [-0.2, -0.15) is 0 Å². The number of benzene rings is 1. The Morgan fingerprint density at radius 2 is 1.78 bits per heavy atom. The minimum atomic E-state index is 0.779. The number of hydrogen-bond donors (Lipinski definition) is 1. The van der Waals surface area contributed by atoms with Crippen molar-refractivity contribution in [2.45, 2.75) is 58.9 Å². The van der Waals surface area contributed by atoms with Gasteiger partial charge < -0.3 is 9.73 Å². The fourth-order valence-corrected chi connectivity index (χ4v) is 2.80. The highest BCUT2D eigenvalue weighted by Crippen LogP contribution is 2.26. The predicted molar refractivity (Wildman–Crippen MR) is 99.0 cm³/mol. The molecule has 0 amide bonds. The van der Waals surface area contributed by atoms with Gasteiger partial charge in [-0.25, -0.2) is 0 Å². The molecule has 2 aromatic rings. The molecule has 0 radical (unpaired) electrons. The quantitative estimate of drug-likeness (QED) is 0.512. The molecule has 0 aliphatic heterocycles. The topological polar surface area (TPSA) is 25.2 Å². The SMILES string of the molecule is CCCCCCCCNCc1ccc(-c2ccc(C)c(Cl)c2)o1. The van der Waals surface area contributed by atoms with Crippen LogP contribution < -0.4 is 5.32 Å². The minimum absolute atomic E-state index is 0.779. The van der Waals surface area contributed by atoms with E-state index in [-0.39, 0.29) is 0 Å². The van der Waals surface area contributed by atoms with Crippen molar-refractivity contribution < 1.29 is 4.42 Å². The average molecular weight is 334 g/mol. The van der Waals surface area contributed by atoms with E-state index >= 15 is 0 Å². The van der Waals surface area contributed by atoms with Crippen LogP contribution in [0, 0.1) is 6.92 Å². The Kier molecular flexibility index (Phi) is 7.70. The van der Waals surface area contributed by atoms with Gasteiger partial charge in [0.2, 0.25) is 0 Å². The lowest BCUT2D eigenvalue weighted by Gasteiger charge is -2.04. The van der Waals surface area contributed by atoms with Crippen LogP contribution in [0.1, 0.15) is 56.8 Å². The summed E-state index contributed by atoms with van der Waals surface area (Å²) in [6.45, 7) is 6.10. The molecule has 0 bridgehead atoms. The first-order chi connectivity index (χ1) is 11.2. The zero-order valence-corrected chi connectivity index (χ0v) is 15.1. The van der Waals surface area contributed by atoms with Crippen LogP contribution in [0.25, 0.3) is 11.3 Å². The Bertz CT molecular complexity index is 591. The normalized spacial score (nSPS) is 11.1. The first-order valence-electron chi connectivity index (χ1n) is 8.76. The van der Waals surface area contributed by atoms with Crippen LogP contribution in [0.4, 0.5) is 0 Å². The summed E-state index contributed by atoms with van der Waals surface area (Å²) in [7, 11) is 0. The van der Waals surface area contributed by atoms with Crippen LogP contribution in [-0.2, 0) is 6.54 Å². The largest absolute Gasteiger partial charge is 0.460 e. The summed E-state index contributed by atoms with van der Waals surface area (Å²) in [4.78, 5) is 0. The molecule has 1 aromatic heterocycles. The third kappa shape index (κ3) is 6.04. The lowest BCUT2D eigenvalue weighted by molar-refractivity contribution is 0.485. The first kappa shape index (κ1) is 18.1. The fourth-order valence-electron chi connectivity index (χ4n) is 2.62. The second-order valence-corrected chi connectivity index (χ2v) is 6.58. The molecule has 0 aliphatic carbocycles. The van der Waals surface area contributed by atoms with Gasteiger partial charge in [0.05, 0.1) is 6.54 Å². The van der Waals surface area contributed by atoms with Crippen molar-refractivity contribution in [2.75, 3.05) is 6.54 Å².